The van der Waals surface area contributed by atoms with E-state index in [1.54, 1.807) is 0 Å². The summed E-state index contributed by atoms with van der Waals surface area (Å²) in [6.45, 7) is 0.309. The summed E-state index contributed by atoms with van der Waals surface area (Å²) in [5, 5.41) is 11.1. The van der Waals surface area contributed by atoms with Crippen LogP contribution in [0, 0.1) is 0 Å². The number of aldehydes is 1. The first kappa shape index (κ1) is 16.8. The molecule has 0 saturated carbocycles. The van der Waals surface area contributed by atoms with E-state index in [1.165, 1.54) is 0 Å². The molecule has 0 heterocycles. The van der Waals surface area contributed by atoms with Crippen molar-refractivity contribution in [3.63, 3.8) is 0 Å². The Bertz CT molecular complexity index is 669. The summed E-state index contributed by atoms with van der Waals surface area (Å²) in [6.07, 6.45) is -0.109. The molecule has 0 radical (unpaired) electrons. The molecule has 3 N–H and O–H groups in total. The van der Waals surface area contributed by atoms with Gasteiger partial charge in [0.25, 0.3) is 0 Å². The molecule has 23 heavy (non-hydrogen) atoms. The second kappa shape index (κ2) is 8.14. The smallest absolute Gasteiger partial charge is 0.407 e. The number of nitrogens with zero attached hydrogens (tertiary/aromatic N) is 1. The monoisotopic (exact) mass is 316 g/mol. The molecule has 0 aliphatic rings. The number of carbonyl (C=O) groups is 2. The first-order chi connectivity index (χ1) is 11.1. The van der Waals surface area contributed by atoms with Gasteiger partial charge >= 0.3 is 6.09 Å². The Morgan fingerprint density at radius 1 is 1.26 bits per heavy atom. The van der Waals surface area contributed by atoms with Gasteiger partial charge in [-0.2, -0.15) is 0 Å². The van der Waals surface area contributed by atoms with E-state index in [2.05, 4.69) is 0 Å². The lowest BCUT2D eigenvalue weighted by molar-refractivity contribution is -0.108. The third-order valence-corrected chi connectivity index (χ3v) is 3.52. The molecule has 0 fully saturated rings. The number of hydrogen-bond acceptors (Lipinski definition) is 4. The van der Waals surface area contributed by atoms with Crippen LogP contribution < -0.4 is 10.5 Å². The van der Waals surface area contributed by atoms with Crippen molar-refractivity contribution in [3.05, 3.63) is 42.5 Å². The molecule has 1 unspecified atom stereocenters. The second-order valence-corrected chi connectivity index (χ2v) is 5.23. The topological polar surface area (TPSA) is 92.9 Å². The molecular weight excluding hydrogens is 296 g/mol. The van der Waals surface area contributed by atoms with Gasteiger partial charge in [0.15, 0.2) is 0 Å². The Morgan fingerprint density at radius 3 is 2.74 bits per heavy atom. The Labute approximate surface area is 134 Å². The highest BCUT2D eigenvalue weighted by molar-refractivity contribution is 5.88. The van der Waals surface area contributed by atoms with Crippen LogP contribution in [-0.4, -0.2) is 48.1 Å². The van der Waals surface area contributed by atoms with Gasteiger partial charge < -0.3 is 20.4 Å². The van der Waals surface area contributed by atoms with E-state index < -0.39 is 6.09 Å². The van der Waals surface area contributed by atoms with Crippen LogP contribution in [0.2, 0.25) is 0 Å². The minimum Gasteiger partial charge on any atom is -0.493 e. The zero-order chi connectivity index (χ0) is 16.7. The van der Waals surface area contributed by atoms with Crippen LogP contribution >= 0.6 is 0 Å². The maximum Gasteiger partial charge on any atom is 0.407 e. The summed E-state index contributed by atoms with van der Waals surface area (Å²) < 4.78 is 5.78. The SMILES string of the molecule is NC(CCOc1cccc2ccccc12)CN(CC=O)C(=O)O. The van der Waals surface area contributed by atoms with Crippen molar-refractivity contribution in [2.24, 2.45) is 5.73 Å². The second-order valence-electron chi connectivity index (χ2n) is 5.23. The molecule has 0 spiro atoms. The summed E-state index contributed by atoms with van der Waals surface area (Å²) in [7, 11) is 0. The number of benzene rings is 2. The molecule has 1 atom stereocenters. The van der Waals surface area contributed by atoms with Gasteiger partial charge in [0.2, 0.25) is 0 Å². The highest BCUT2D eigenvalue weighted by Gasteiger charge is 2.15. The van der Waals surface area contributed by atoms with Gasteiger partial charge in [0, 0.05) is 18.0 Å². The van der Waals surface area contributed by atoms with Gasteiger partial charge in [-0.15, -0.1) is 0 Å². The molecule has 0 bridgehead atoms. The van der Waals surface area contributed by atoms with Crippen LogP contribution in [0.1, 0.15) is 6.42 Å². The molecular formula is C17H20N2O4. The highest BCUT2D eigenvalue weighted by atomic mass is 16.5. The largest absolute Gasteiger partial charge is 0.493 e. The Morgan fingerprint density at radius 2 is 2.00 bits per heavy atom. The number of rotatable bonds is 8. The molecule has 2 rings (SSSR count). The predicted octanol–water partition coefficient (Wildman–Crippen LogP) is 2.11. The van der Waals surface area contributed by atoms with Crippen LogP contribution in [-0.2, 0) is 4.79 Å². The van der Waals surface area contributed by atoms with Crippen molar-refractivity contribution in [1.82, 2.24) is 4.90 Å². The number of amides is 1. The van der Waals surface area contributed by atoms with Gasteiger partial charge in [-0.1, -0.05) is 36.4 Å². The van der Waals surface area contributed by atoms with E-state index in [1.807, 2.05) is 42.5 Å². The van der Waals surface area contributed by atoms with Gasteiger partial charge in [0.1, 0.15) is 12.0 Å². The van der Waals surface area contributed by atoms with Crippen molar-refractivity contribution >= 4 is 23.2 Å². The predicted molar refractivity (Wildman–Crippen MR) is 87.7 cm³/mol. The summed E-state index contributed by atoms with van der Waals surface area (Å²) in [4.78, 5) is 22.4. The van der Waals surface area contributed by atoms with Crippen molar-refractivity contribution in [2.45, 2.75) is 12.5 Å². The fraction of sp³-hybridized carbons (Fsp3) is 0.294. The fourth-order valence-electron chi connectivity index (χ4n) is 2.34. The minimum atomic E-state index is -1.15. The summed E-state index contributed by atoms with van der Waals surface area (Å²) in [6, 6.07) is 13.4. The highest BCUT2D eigenvalue weighted by Crippen LogP contribution is 2.25. The van der Waals surface area contributed by atoms with Gasteiger partial charge in [-0.05, 0) is 17.9 Å². The maximum atomic E-state index is 10.9. The Balaban J connectivity index is 1.88. The van der Waals surface area contributed by atoms with Crippen molar-refractivity contribution in [2.75, 3.05) is 19.7 Å². The maximum absolute atomic E-state index is 10.9. The summed E-state index contributed by atoms with van der Waals surface area (Å²) in [5.74, 6) is 0.776. The van der Waals surface area contributed by atoms with Crippen LogP contribution in [0.5, 0.6) is 5.75 Å². The quantitative estimate of drug-likeness (QED) is 0.728. The van der Waals surface area contributed by atoms with E-state index in [-0.39, 0.29) is 19.1 Å². The average molecular weight is 316 g/mol. The summed E-state index contributed by atoms with van der Waals surface area (Å²) in [5.41, 5.74) is 5.92. The molecule has 0 aliphatic carbocycles. The van der Waals surface area contributed by atoms with Crippen molar-refractivity contribution in [1.29, 1.82) is 0 Å². The van der Waals surface area contributed by atoms with Crippen molar-refractivity contribution in [3.8, 4) is 5.75 Å². The number of fused-ring (bicyclic) bond motifs is 1. The first-order valence-corrected chi connectivity index (χ1v) is 7.39. The van der Waals surface area contributed by atoms with Gasteiger partial charge in [0.05, 0.1) is 13.2 Å². The van der Waals surface area contributed by atoms with Crippen LogP contribution in [0.25, 0.3) is 10.8 Å². The van der Waals surface area contributed by atoms with E-state index >= 15 is 0 Å². The van der Waals surface area contributed by atoms with Crippen LogP contribution in [0.4, 0.5) is 4.79 Å². The van der Waals surface area contributed by atoms with Gasteiger partial charge in [-0.3, -0.25) is 4.90 Å². The fourth-order valence-corrected chi connectivity index (χ4v) is 2.34. The van der Waals surface area contributed by atoms with Crippen molar-refractivity contribution < 1.29 is 19.4 Å². The number of ether oxygens (including phenoxy) is 1. The normalized spacial score (nSPS) is 11.9. The molecule has 6 heteroatoms. The lowest BCUT2D eigenvalue weighted by atomic mass is 10.1. The van der Waals surface area contributed by atoms with E-state index in [9.17, 15) is 9.59 Å². The number of carbonyl (C=O) groups excluding carboxylic acids is 1. The molecule has 0 aromatic heterocycles. The first-order valence-electron chi connectivity index (χ1n) is 7.39. The van der Waals surface area contributed by atoms with E-state index in [0.29, 0.717) is 19.3 Å². The Kier molecular flexibility index (Phi) is 5.94. The number of carboxylic acid groups (broad SMARTS) is 1. The van der Waals surface area contributed by atoms with Crippen LogP contribution in [0.3, 0.4) is 0 Å². The average Bonchev–Trinajstić information content (AvgIpc) is 2.54. The molecule has 2 aromatic rings. The third-order valence-electron chi connectivity index (χ3n) is 3.52. The number of nitrogens with two attached hydrogens (primary N) is 1. The molecule has 6 nitrogen and oxygen atoms in total. The minimum absolute atomic E-state index is 0.104. The molecule has 0 saturated heterocycles. The Hall–Kier alpha value is -2.60. The van der Waals surface area contributed by atoms with Gasteiger partial charge in [-0.25, -0.2) is 4.79 Å². The summed E-state index contributed by atoms with van der Waals surface area (Å²) >= 11 is 0. The van der Waals surface area contributed by atoms with E-state index in [4.69, 9.17) is 15.6 Å². The van der Waals surface area contributed by atoms with Crippen LogP contribution in [0.15, 0.2) is 42.5 Å². The molecule has 0 aliphatic heterocycles. The van der Waals surface area contributed by atoms with E-state index in [0.717, 1.165) is 21.4 Å². The lowest BCUT2D eigenvalue weighted by Gasteiger charge is -2.21. The standard InChI is InChI=1S/C17H20N2O4/c18-14(12-19(9-10-20)17(21)22)8-11-23-16-7-3-5-13-4-1-2-6-15(13)16/h1-7,10,14H,8-9,11-12,18H2,(H,21,22). The molecule has 122 valence electrons. The zero-order valence-corrected chi connectivity index (χ0v) is 12.7. The third kappa shape index (κ3) is 4.69. The number of hydrogen-bond donors (Lipinski definition) is 2. The lowest BCUT2D eigenvalue weighted by Crippen LogP contribution is -2.42. The molecule has 1 amide bonds. The zero-order valence-electron chi connectivity index (χ0n) is 12.7. The molecule has 2 aromatic carbocycles.